The predicted octanol–water partition coefficient (Wildman–Crippen LogP) is -0.951. The van der Waals surface area contributed by atoms with Crippen LogP contribution in [0.1, 0.15) is 0 Å². The summed E-state index contributed by atoms with van der Waals surface area (Å²) in [5, 5.41) is 35.2. The molecule has 0 heterocycles. The van der Waals surface area contributed by atoms with Crippen LogP contribution in [-0.2, 0) is 19.2 Å². The zero-order valence-corrected chi connectivity index (χ0v) is 8.89. The van der Waals surface area contributed by atoms with Gasteiger partial charge in [-0.2, -0.15) is 0 Å². The van der Waals surface area contributed by atoms with Crippen molar-refractivity contribution in [2.24, 2.45) is 35.5 Å². The van der Waals surface area contributed by atoms with Gasteiger partial charge in [0.05, 0.1) is 23.7 Å². The number of aliphatic carboxylic acids is 4. The van der Waals surface area contributed by atoms with Gasteiger partial charge in [-0.25, -0.2) is 0 Å². The quantitative estimate of drug-likeness (QED) is 0.493. The molecule has 0 amide bonds. The highest BCUT2D eigenvalue weighted by molar-refractivity contribution is 5.90. The Morgan fingerprint density at radius 2 is 0.667 bits per heavy atom. The Labute approximate surface area is 99.8 Å². The van der Waals surface area contributed by atoms with Crippen molar-refractivity contribution >= 4 is 23.9 Å². The molecule has 2 saturated carbocycles. The van der Waals surface area contributed by atoms with Crippen LogP contribution in [0.25, 0.3) is 0 Å². The van der Waals surface area contributed by atoms with E-state index in [1.54, 1.807) is 0 Å². The molecule has 0 saturated heterocycles. The topological polar surface area (TPSA) is 149 Å². The summed E-state index contributed by atoms with van der Waals surface area (Å²) in [6, 6.07) is 0. The van der Waals surface area contributed by atoms with Crippen LogP contribution in [-0.4, -0.2) is 44.3 Å². The first-order valence-corrected chi connectivity index (χ1v) is 5.20. The molecule has 2 fully saturated rings. The SMILES string of the molecule is O=C(O)C1C(C(=O)O)C1C1C(C(=O)O)C1C(=O)O. The van der Waals surface area contributed by atoms with Crippen molar-refractivity contribution < 1.29 is 39.6 Å². The van der Waals surface area contributed by atoms with Gasteiger partial charge in [-0.3, -0.25) is 19.2 Å². The molecule has 0 bridgehead atoms. The molecular formula is C10H10O8. The monoisotopic (exact) mass is 258 g/mol. The molecule has 18 heavy (non-hydrogen) atoms. The second-order valence-electron chi connectivity index (χ2n) is 4.61. The van der Waals surface area contributed by atoms with E-state index in [0.29, 0.717) is 0 Å². The molecule has 2 rings (SSSR count). The second-order valence-corrected chi connectivity index (χ2v) is 4.61. The summed E-state index contributed by atoms with van der Waals surface area (Å²) in [5.41, 5.74) is 0. The molecule has 2 aliphatic rings. The third-order valence-electron chi connectivity index (χ3n) is 3.74. The first-order valence-electron chi connectivity index (χ1n) is 5.20. The third kappa shape index (κ3) is 1.60. The van der Waals surface area contributed by atoms with Crippen molar-refractivity contribution in [3.8, 4) is 0 Å². The summed E-state index contributed by atoms with van der Waals surface area (Å²) < 4.78 is 0. The number of carboxylic acid groups (broad SMARTS) is 4. The van der Waals surface area contributed by atoms with E-state index in [2.05, 4.69) is 0 Å². The van der Waals surface area contributed by atoms with Gasteiger partial charge < -0.3 is 20.4 Å². The van der Waals surface area contributed by atoms with Gasteiger partial charge in [0.2, 0.25) is 0 Å². The summed E-state index contributed by atoms with van der Waals surface area (Å²) in [5.74, 6) is -11.8. The molecule has 8 heteroatoms. The molecule has 4 unspecified atom stereocenters. The van der Waals surface area contributed by atoms with Crippen LogP contribution in [0.5, 0.6) is 0 Å². The summed E-state index contributed by atoms with van der Waals surface area (Å²) in [6.07, 6.45) is 0. The van der Waals surface area contributed by atoms with Crippen LogP contribution < -0.4 is 0 Å². The Kier molecular flexibility index (Phi) is 2.53. The smallest absolute Gasteiger partial charge is 0.307 e. The summed E-state index contributed by atoms with van der Waals surface area (Å²) in [6.45, 7) is 0. The summed E-state index contributed by atoms with van der Waals surface area (Å²) in [7, 11) is 0. The van der Waals surface area contributed by atoms with Gasteiger partial charge in [0.15, 0.2) is 0 Å². The molecule has 0 radical (unpaired) electrons. The lowest BCUT2D eigenvalue weighted by Gasteiger charge is -1.92. The van der Waals surface area contributed by atoms with Gasteiger partial charge in [-0.05, 0) is 11.8 Å². The zero-order chi connectivity index (χ0) is 13.8. The largest absolute Gasteiger partial charge is 0.481 e. The van der Waals surface area contributed by atoms with E-state index in [9.17, 15) is 19.2 Å². The maximum atomic E-state index is 10.8. The van der Waals surface area contributed by atoms with E-state index < -0.39 is 59.4 Å². The van der Waals surface area contributed by atoms with Gasteiger partial charge >= 0.3 is 23.9 Å². The average Bonchev–Trinajstić information content (AvgIpc) is 3.08. The van der Waals surface area contributed by atoms with E-state index >= 15 is 0 Å². The maximum Gasteiger partial charge on any atom is 0.307 e. The Morgan fingerprint density at radius 3 is 0.778 bits per heavy atom. The van der Waals surface area contributed by atoms with Gasteiger partial charge in [-0.1, -0.05) is 0 Å². The predicted molar refractivity (Wildman–Crippen MR) is 51.5 cm³/mol. The lowest BCUT2D eigenvalue weighted by Crippen LogP contribution is -2.05. The van der Waals surface area contributed by atoms with E-state index in [1.165, 1.54) is 0 Å². The molecule has 4 N–H and O–H groups in total. The van der Waals surface area contributed by atoms with Crippen LogP contribution in [0.2, 0.25) is 0 Å². The molecule has 2 aliphatic carbocycles. The van der Waals surface area contributed by atoms with Gasteiger partial charge in [0.1, 0.15) is 0 Å². The summed E-state index contributed by atoms with van der Waals surface area (Å²) >= 11 is 0. The van der Waals surface area contributed by atoms with Crippen molar-refractivity contribution in [2.75, 3.05) is 0 Å². The number of hydrogen-bond donors (Lipinski definition) is 4. The van der Waals surface area contributed by atoms with Crippen LogP contribution in [0.3, 0.4) is 0 Å². The van der Waals surface area contributed by atoms with Gasteiger partial charge in [0.25, 0.3) is 0 Å². The molecule has 0 aromatic heterocycles. The molecule has 8 nitrogen and oxygen atoms in total. The van der Waals surface area contributed by atoms with Crippen molar-refractivity contribution in [2.45, 2.75) is 0 Å². The van der Waals surface area contributed by atoms with Crippen molar-refractivity contribution in [3.05, 3.63) is 0 Å². The minimum absolute atomic E-state index is 0.901. The minimum Gasteiger partial charge on any atom is -0.481 e. The molecule has 98 valence electrons. The fourth-order valence-corrected chi connectivity index (χ4v) is 2.90. The number of carbonyl (C=O) groups is 4. The Morgan fingerprint density at radius 1 is 0.500 bits per heavy atom. The second kappa shape index (κ2) is 3.69. The van der Waals surface area contributed by atoms with Crippen molar-refractivity contribution in [1.29, 1.82) is 0 Å². The van der Waals surface area contributed by atoms with Gasteiger partial charge in [-0.15, -0.1) is 0 Å². The van der Waals surface area contributed by atoms with Crippen LogP contribution in [0.4, 0.5) is 0 Å². The lowest BCUT2D eigenvalue weighted by molar-refractivity contribution is -0.144. The Balaban J connectivity index is 2.18. The molecule has 0 spiro atoms. The molecule has 0 aromatic rings. The minimum atomic E-state index is -1.33. The van der Waals surface area contributed by atoms with E-state index in [-0.39, 0.29) is 0 Å². The van der Waals surface area contributed by atoms with Gasteiger partial charge in [0, 0.05) is 0 Å². The first kappa shape index (κ1) is 12.3. The average molecular weight is 258 g/mol. The van der Waals surface area contributed by atoms with Crippen LogP contribution >= 0.6 is 0 Å². The number of hydrogen-bond acceptors (Lipinski definition) is 4. The normalized spacial score (nSPS) is 40.9. The fraction of sp³-hybridized carbons (Fsp3) is 0.600. The number of rotatable bonds is 5. The zero-order valence-electron chi connectivity index (χ0n) is 8.89. The Bertz CT molecular complexity index is 373. The highest BCUT2D eigenvalue weighted by atomic mass is 16.4. The van der Waals surface area contributed by atoms with E-state index in [1.807, 2.05) is 0 Å². The summed E-state index contributed by atoms with van der Waals surface area (Å²) in [4.78, 5) is 43.3. The molecule has 0 aromatic carbocycles. The van der Waals surface area contributed by atoms with E-state index in [4.69, 9.17) is 20.4 Å². The van der Waals surface area contributed by atoms with Crippen molar-refractivity contribution in [3.63, 3.8) is 0 Å². The standard InChI is InChI=1S/C10H10O8/c11-7(12)3-1(4(3)8(13)14)2-5(9(15)16)6(2)10(17)18/h1-6H,(H,11,12)(H,13,14)(H,15,16)(H,17,18). The van der Waals surface area contributed by atoms with Crippen LogP contribution in [0.15, 0.2) is 0 Å². The van der Waals surface area contributed by atoms with Crippen LogP contribution in [0, 0.1) is 35.5 Å². The fourth-order valence-electron chi connectivity index (χ4n) is 2.90. The lowest BCUT2D eigenvalue weighted by atomic mass is 10.1. The first-order chi connectivity index (χ1) is 8.29. The number of carboxylic acids is 4. The highest BCUT2D eigenvalue weighted by Crippen LogP contribution is 2.65. The van der Waals surface area contributed by atoms with Crippen molar-refractivity contribution in [1.82, 2.24) is 0 Å². The maximum absolute atomic E-state index is 10.8. The highest BCUT2D eigenvalue weighted by Gasteiger charge is 2.74. The van der Waals surface area contributed by atoms with E-state index in [0.717, 1.165) is 0 Å². The molecule has 4 atom stereocenters. The Hall–Kier alpha value is -2.12. The molecular weight excluding hydrogens is 248 g/mol. The molecule has 0 aliphatic heterocycles. The third-order valence-corrected chi connectivity index (χ3v) is 3.74.